The van der Waals surface area contributed by atoms with Crippen LogP contribution in [0.4, 0.5) is 0 Å². The molecule has 314 valence electrons. The van der Waals surface area contributed by atoms with Gasteiger partial charge in [-0.3, -0.25) is 24.0 Å². The quantitative estimate of drug-likeness (QED) is 0.114. The molecule has 0 amide bonds. The van der Waals surface area contributed by atoms with Gasteiger partial charge in [0.15, 0.2) is 24.6 Å². The summed E-state index contributed by atoms with van der Waals surface area (Å²) in [6, 6.07) is 0. The molecule has 0 radical (unpaired) electrons. The van der Waals surface area contributed by atoms with E-state index in [1.54, 1.807) is 6.92 Å². The van der Waals surface area contributed by atoms with E-state index in [0.29, 0.717) is 25.2 Å². The Morgan fingerprint density at radius 1 is 0.696 bits per heavy atom. The second-order valence-electron chi connectivity index (χ2n) is 19.3. The highest BCUT2D eigenvalue weighted by atomic mass is 16.7. The highest BCUT2D eigenvalue weighted by Crippen LogP contribution is 2.76. The van der Waals surface area contributed by atoms with Gasteiger partial charge in [-0.15, -0.1) is 0 Å². The van der Waals surface area contributed by atoms with E-state index in [4.69, 9.17) is 33.2 Å². The molecular weight excluding hydrogens is 720 g/mol. The monoisotopic (exact) mass is 786 g/mol. The van der Waals surface area contributed by atoms with E-state index in [2.05, 4.69) is 47.6 Å². The molecule has 0 spiro atoms. The van der Waals surface area contributed by atoms with Crippen molar-refractivity contribution in [3.63, 3.8) is 0 Å². The molecule has 6 aliphatic rings. The molecule has 5 fully saturated rings. The first-order chi connectivity index (χ1) is 26.2. The first kappa shape index (κ1) is 42.6. The fraction of sp³-hybridized carbons (Fsp3) is 0.841. The van der Waals surface area contributed by atoms with Crippen molar-refractivity contribution in [1.29, 1.82) is 0 Å². The molecule has 0 aromatic rings. The van der Waals surface area contributed by atoms with Crippen LogP contribution in [0.5, 0.6) is 0 Å². The summed E-state index contributed by atoms with van der Waals surface area (Å²) in [5.41, 5.74) is -1.41. The largest absolute Gasteiger partial charge is 0.469 e. The Morgan fingerprint density at radius 2 is 1.30 bits per heavy atom. The summed E-state index contributed by atoms with van der Waals surface area (Å²) < 4.78 is 41.5. The Kier molecular flexibility index (Phi) is 11.4. The van der Waals surface area contributed by atoms with Crippen molar-refractivity contribution < 1.29 is 57.1 Å². The smallest absolute Gasteiger partial charge is 0.316 e. The van der Waals surface area contributed by atoms with Crippen molar-refractivity contribution in [2.24, 2.45) is 56.7 Å². The summed E-state index contributed by atoms with van der Waals surface area (Å²) in [7, 11) is 3.00. The summed E-state index contributed by atoms with van der Waals surface area (Å²) >= 11 is 0. The summed E-state index contributed by atoms with van der Waals surface area (Å²) in [4.78, 5) is 65.3. The van der Waals surface area contributed by atoms with Crippen LogP contribution >= 0.6 is 0 Å². The van der Waals surface area contributed by atoms with Crippen molar-refractivity contribution in [3.8, 4) is 0 Å². The minimum atomic E-state index is -1.18. The van der Waals surface area contributed by atoms with Crippen LogP contribution in [0.1, 0.15) is 127 Å². The third kappa shape index (κ3) is 6.33. The number of rotatable bonds is 7. The zero-order valence-electron chi connectivity index (χ0n) is 35.7. The van der Waals surface area contributed by atoms with Gasteiger partial charge in [-0.1, -0.05) is 53.2 Å². The number of esters is 5. The molecule has 0 aromatic carbocycles. The molecular formula is C44H66O12. The fourth-order valence-electron chi connectivity index (χ4n) is 13.8. The van der Waals surface area contributed by atoms with Gasteiger partial charge in [0.25, 0.3) is 0 Å². The Balaban J connectivity index is 1.35. The topological polar surface area (TPSA) is 150 Å². The zero-order valence-corrected chi connectivity index (χ0v) is 35.7. The van der Waals surface area contributed by atoms with E-state index in [9.17, 15) is 24.0 Å². The Bertz CT molecular complexity index is 1620. The van der Waals surface area contributed by atoms with Crippen LogP contribution < -0.4 is 0 Å². The van der Waals surface area contributed by atoms with E-state index in [0.717, 1.165) is 44.1 Å². The molecule has 4 saturated carbocycles. The predicted octanol–water partition coefficient (Wildman–Crippen LogP) is 6.90. The number of carbonyl (C=O) groups excluding carboxylic acids is 5. The van der Waals surface area contributed by atoms with E-state index >= 15 is 0 Å². The highest BCUT2D eigenvalue weighted by Gasteiger charge is 2.74. The van der Waals surface area contributed by atoms with Gasteiger partial charge in [-0.2, -0.15) is 0 Å². The Hall–Kier alpha value is -2.99. The Labute approximate surface area is 332 Å². The Morgan fingerprint density at radius 3 is 1.91 bits per heavy atom. The lowest BCUT2D eigenvalue weighted by molar-refractivity contribution is -0.328. The highest BCUT2D eigenvalue weighted by molar-refractivity contribution is 5.86. The normalized spacial score (nSPS) is 45.2. The van der Waals surface area contributed by atoms with Gasteiger partial charge in [-0.25, -0.2) is 0 Å². The lowest BCUT2D eigenvalue weighted by Gasteiger charge is -2.71. The van der Waals surface area contributed by atoms with Gasteiger partial charge in [-0.05, 0) is 111 Å². The average molecular weight is 787 g/mol. The summed E-state index contributed by atoms with van der Waals surface area (Å²) in [6.07, 6.45) is 3.66. The summed E-state index contributed by atoms with van der Waals surface area (Å²) in [6.45, 7) is 19.2. The van der Waals surface area contributed by atoms with Crippen LogP contribution in [0.3, 0.4) is 0 Å². The fourth-order valence-corrected chi connectivity index (χ4v) is 13.8. The predicted molar refractivity (Wildman–Crippen MR) is 203 cm³/mol. The molecule has 15 atom stereocenters. The number of ether oxygens (including phenoxy) is 7. The number of hydrogen-bond acceptors (Lipinski definition) is 12. The molecule has 0 unspecified atom stereocenters. The van der Waals surface area contributed by atoms with Crippen LogP contribution in [0.2, 0.25) is 0 Å². The van der Waals surface area contributed by atoms with Gasteiger partial charge >= 0.3 is 29.8 Å². The standard InChI is InChI=1S/C44H66O12/c1-23-15-20-43(38(48)50-11)21-22-44(39(49)51-12)29(33(43)24(23)2)13-14-31-41(9)18-17-32(40(7,8)30(41)16-19-42(31,44)10)56-37-36(55-28(6)47)35(54-27(5)46)34(25(3)52-37)53-26(4)45/h13,23-25,30-37H,14-22H2,1-12H3/t23-,24+,25+,30+,31-,32+,33+,34+,35-,36-,37+,41+,42-,43+,44-/m1/s1. The van der Waals surface area contributed by atoms with Crippen molar-refractivity contribution in [2.75, 3.05) is 14.2 Å². The molecule has 6 rings (SSSR count). The lowest BCUT2D eigenvalue weighted by atomic mass is 9.33. The first-order valence-electron chi connectivity index (χ1n) is 20.9. The minimum Gasteiger partial charge on any atom is -0.469 e. The summed E-state index contributed by atoms with van der Waals surface area (Å²) in [5, 5.41) is 0. The van der Waals surface area contributed by atoms with E-state index in [-0.39, 0.29) is 47.1 Å². The van der Waals surface area contributed by atoms with Gasteiger partial charge in [0.1, 0.15) is 0 Å². The maximum Gasteiger partial charge on any atom is 0.316 e. The van der Waals surface area contributed by atoms with Crippen molar-refractivity contribution in [2.45, 2.75) is 164 Å². The molecule has 0 bridgehead atoms. The number of allylic oxidation sites excluding steroid dienone is 1. The number of fused-ring (bicyclic) bond motifs is 7. The van der Waals surface area contributed by atoms with E-state index < -0.39 is 70.3 Å². The van der Waals surface area contributed by atoms with Crippen molar-refractivity contribution >= 4 is 29.8 Å². The number of methoxy groups -OCH3 is 2. The second kappa shape index (κ2) is 15.0. The maximum atomic E-state index is 14.7. The zero-order chi connectivity index (χ0) is 41.3. The van der Waals surface area contributed by atoms with Crippen molar-refractivity contribution in [1.82, 2.24) is 0 Å². The SMILES string of the molecule is COC(=O)[C@]12CC[C@@H](C)[C@H](C)[C@H]1C1=CC[C@@H]3[C@@]4(C)CC[C@H](O[C@@H]5O[C@@H](C)[C@H](OC(C)=O)[C@@H](OC(C)=O)[C@H]5OC(C)=O)C(C)(C)[C@@H]4CC[C@@]3(C)[C@]1(C(=O)OC)CC2. The lowest BCUT2D eigenvalue weighted by Crippen LogP contribution is -2.68. The van der Waals surface area contributed by atoms with Crippen LogP contribution in [0.15, 0.2) is 11.6 Å². The third-order valence-corrected chi connectivity index (χ3v) is 16.4. The van der Waals surface area contributed by atoms with E-state index in [1.165, 1.54) is 35.0 Å². The molecule has 0 N–H and O–H groups in total. The van der Waals surface area contributed by atoms with E-state index in [1.807, 2.05) is 0 Å². The van der Waals surface area contributed by atoms with Gasteiger partial charge in [0.2, 0.25) is 0 Å². The van der Waals surface area contributed by atoms with Crippen LogP contribution in [0.25, 0.3) is 0 Å². The number of carbonyl (C=O) groups is 5. The van der Waals surface area contributed by atoms with Crippen LogP contribution in [0, 0.1) is 56.7 Å². The average Bonchev–Trinajstić information content (AvgIpc) is 3.12. The van der Waals surface area contributed by atoms with Crippen molar-refractivity contribution in [3.05, 3.63) is 11.6 Å². The molecule has 1 heterocycles. The minimum absolute atomic E-state index is 0.102. The molecule has 1 aliphatic heterocycles. The van der Waals surface area contributed by atoms with Crippen LogP contribution in [-0.2, 0) is 57.1 Å². The summed E-state index contributed by atoms with van der Waals surface area (Å²) in [5.74, 6) is -1.33. The molecule has 56 heavy (non-hydrogen) atoms. The van der Waals surface area contributed by atoms with Gasteiger partial charge < -0.3 is 33.2 Å². The molecule has 0 aromatic heterocycles. The molecule has 5 aliphatic carbocycles. The molecule has 12 nitrogen and oxygen atoms in total. The van der Waals surface area contributed by atoms with Crippen LogP contribution in [-0.4, -0.2) is 80.9 Å². The second-order valence-corrected chi connectivity index (χ2v) is 19.3. The van der Waals surface area contributed by atoms with Gasteiger partial charge in [0.05, 0.1) is 37.3 Å². The molecule has 12 heteroatoms. The maximum absolute atomic E-state index is 14.7. The third-order valence-electron chi connectivity index (χ3n) is 16.4. The first-order valence-corrected chi connectivity index (χ1v) is 20.9. The molecule has 1 saturated heterocycles. The number of hydrogen-bond donors (Lipinski definition) is 0. The van der Waals surface area contributed by atoms with Gasteiger partial charge in [0, 0.05) is 20.8 Å².